The summed E-state index contributed by atoms with van der Waals surface area (Å²) in [6, 6.07) is 9.55. The monoisotopic (exact) mass is 244 g/mol. The molecule has 4 heteroatoms. The number of ether oxygens (including phenoxy) is 2. The van der Waals surface area contributed by atoms with Crippen LogP contribution in [0.5, 0.6) is 17.5 Å². The molecule has 2 rings (SSSR count). The van der Waals surface area contributed by atoms with Crippen molar-refractivity contribution in [3.63, 3.8) is 0 Å². The number of unbranched alkanes of at least 4 members (excludes halogenated alkanes) is 1. The van der Waals surface area contributed by atoms with Crippen molar-refractivity contribution in [2.75, 3.05) is 6.61 Å². The average Bonchev–Trinajstić information content (AvgIpc) is 2.42. The summed E-state index contributed by atoms with van der Waals surface area (Å²) in [5.41, 5.74) is 0. The summed E-state index contributed by atoms with van der Waals surface area (Å²) >= 11 is 0. The summed E-state index contributed by atoms with van der Waals surface area (Å²) in [7, 11) is 0. The van der Waals surface area contributed by atoms with E-state index in [1.54, 1.807) is 18.5 Å². The number of rotatable bonds is 6. The molecule has 1 heterocycles. The maximum atomic E-state index is 5.56. The van der Waals surface area contributed by atoms with Crippen molar-refractivity contribution in [3.8, 4) is 17.5 Å². The molecule has 0 atom stereocenters. The summed E-state index contributed by atoms with van der Waals surface area (Å²) in [6.45, 7) is 2.89. The molecule has 0 amide bonds. The fourth-order valence-electron chi connectivity index (χ4n) is 1.38. The highest BCUT2D eigenvalue weighted by atomic mass is 16.5. The van der Waals surface area contributed by atoms with Crippen LogP contribution in [0, 0.1) is 0 Å². The predicted octanol–water partition coefficient (Wildman–Crippen LogP) is 3.45. The zero-order valence-corrected chi connectivity index (χ0v) is 10.4. The van der Waals surface area contributed by atoms with E-state index in [2.05, 4.69) is 16.9 Å². The molecule has 0 aliphatic rings. The van der Waals surface area contributed by atoms with Crippen LogP contribution in [0.25, 0.3) is 0 Å². The van der Waals surface area contributed by atoms with Crippen molar-refractivity contribution >= 4 is 0 Å². The fraction of sp³-hybridized carbons (Fsp3) is 0.286. The summed E-state index contributed by atoms with van der Waals surface area (Å²) in [5.74, 6) is 1.55. The molecule has 0 N–H and O–H groups in total. The Hall–Kier alpha value is -2.10. The Morgan fingerprint density at radius 1 is 1.00 bits per heavy atom. The molecule has 1 aromatic carbocycles. The van der Waals surface area contributed by atoms with Crippen molar-refractivity contribution < 1.29 is 9.47 Å². The molecule has 4 nitrogen and oxygen atoms in total. The van der Waals surface area contributed by atoms with E-state index < -0.39 is 0 Å². The van der Waals surface area contributed by atoms with E-state index in [4.69, 9.17) is 9.47 Å². The third-order valence-corrected chi connectivity index (χ3v) is 2.34. The number of benzene rings is 1. The molecular weight excluding hydrogens is 228 g/mol. The van der Waals surface area contributed by atoms with Gasteiger partial charge >= 0.3 is 6.01 Å². The molecule has 0 unspecified atom stereocenters. The molecule has 0 fully saturated rings. The molecule has 0 radical (unpaired) electrons. The Balaban J connectivity index is 1.91. The van der Waals surface area contributed by atoms with Crippen molar-refractivity contribution in [1.82, 2.24) is 9.97 Å². The smallest absolute Gasteiger partial charge is 0.321 e. The first-order chi connectivity index (χ1) is 8.88. The number of nitrogens with zero attached hydrogens (tertiary/aromatic N) is 2. The van der Waals surface area contributed by atoms with Crippen LogP contribution in [0.2, 0.25) is 0 Å². The van der Waals surface area contributed by atoms with Gasteiger partial charge in [-0.3, -0.25) is 0 Å². The zero-order valence-electron chi connectivity index (χ0n) is 10.4. The molecule has 1 aromatic heterocycles. The molecular formula is C14H16N2O2. The Labute approximate surface area is 107 Å². The summed E-state index contributed by atoms with van der Waals surface area (Å²) in [5, 5.41) is 0. The minimum Gasteiger partial charge on any atom is -0.494 e. The third kappa shape index (κ3) is 3.73. The molecule has 0 saturated heterocycles. The molecule has 2 aromatic rings. The van der Waals surface area contributed by atoms with Gasteiger partial charge < -0.3 is 9.47 Å². The van der Waals surface area contributed by atoms with Crippen molar-refractivity contribution in [2.24, 2.45) is 0 Å². The lowest BCUT2D eigenvalue weighted by Gasteiger charge is -2.06. The molecule has 0 spiro atoms. The summed E-state index contributed by atoms with van der Waals surface area (Å²) < 4.78 is 11.0. The average molecular weight is 244 g/mol. The van der Waals surface area contributed by atoms with Crippen LogP contribution < -0.4 is 9.47 Å². The van der Waals surface area contributed by atoms with E-state index in [0.29, 0.717) is 11.8 Å². The highest BCUT2D eigenvalue weighted by Gasteiger charge is 1.99. The van der Waals surface area contributed by atoms with Gasteiger partial charge in [0.2, 0.25) is 0 Å². The van der Waals surface area contributed by atoms with Crippen LogP contribution in [-0.4, -0.2) is 16.6 Å². The lowest BCUT2D eigenvalue weighted by Crippen LogP contribution is -1.96. The second-order valence-corrected chi connectivity index (χ2v) is 3.81. The van der Waals surface area contributed by atoms with Crippen molar-refractivity contribution in [1.29, 1.82) is 0 Å². The van der Waals surface area contributed by atoms with Crippen LogP contribution in [0.15, 0.2) is 42.7 Å². The van der Waals surface area contributed by atoms with Gasteiger partial charge in [-0.1, -0.05) is 13.3 Å². The number of hydrogen-bond acceptors (Lipinski definition) is 4. The lowest BCUT2D eigenvalue weighted by atomic mass is 10.3. The Morgan fingerprint density at radius 3 is 2.33 bits per heavy atom. The Bertz CT molecular complexity index is 457. The third-order valence-electron chi connectivity index (χ3n) is 2.34. The fourth-order valence-corrected chi connectivity index (χ4v) is 1.38. The standard InChI is InChI=1S/C14H16N2O2/c1-2-3-11-17-12-5-7-13(8-6-12)18-14-15-9-4-10-16-14/h4-10H,2-3,11H2,1H3. The van der Waals surface area contributed by atoms with Gasteiger partial charge in [-0.05, 0) is 36.8 Å². The highest BCUT2D eigenvalue weighted by molar-refractivity contribution is 5.32. The van der Waals surface area contributed by atoms with Crippen LogP contribution in [-0.2, 0) is 0 Å². The minimum atomic E-state index is 0.345. The van der Waals surface area contributed by atoms with Gasteiger partial charge in [0, 0.05) is 12.4 Å². The first-order valence-corrected chi connectivity index (χ1v) is 6.06. The second-order valence-electron chi connectivity index (χ2n) is 3.81. The molecule has 94 valence electrons. The predicted molar refractivity (Wildman–Crippen MR) is 69.0 cm³/mol. The van der Waals surface area contributed by atoms with E-state index >= 15 is 0 Å². The summed E-state index contributed by atoms with van der Waals surface area (Å²) in [4.78, 5) is 7.99. The minimum absolute atomic E-state index is 0.345. The van der Waals surface area contributed by atoms with E-state index in [1.165, 1.54) is 0 Å². The van der Waals surface area contributed by atoms with E-state index in [9.17, 15) is 0 Å². The van der Waals surface area contributed by atoms with E-state index in [1.807, 2.05) is 24.3 Å². The zero-order chi connectivity index (χ0) is 12.6. The largest absolute Gasteiger partial charge is 0.494 e. The normalized spacial score (nSPS) is 10.1. The van der Waals surface area contributed by atoms with Crippen LogP contribution >= 0.6 is 0 Å². The van der Waals surface area contributed by atoms with Crippen molar-refractivity contribution in [3.05, 3.63) is 42.7 Å². The Kier molecular flexibility index (Phi) is 4.53. The van der Waals surface area contributed by atoms with E-state index in [0.717, 1.165) is 25.2 Å². The van der Waals surface area contributed by atoms with Crippen molar-refractivity contribution in [2.45, 2.75) is 19.8 Å². The number of aromatic nitrogens is 2. The topological polar surface area (TPSA) is 44.2 Å². The van der Waals surface area contributed by atoms with Gasteiger partial charge in [0.25, 0.3) is 0 Å². The van der Waals surface area contributed by atoms with Gasteiger partial charge in [-0.25, -0.2) is 9.97 Å². The molecule has 0 bridgehead atoms. The first kappa shape index (κ1) is 12.4. The maximum Gasteiger partial charge on any atom is 0.321 e. The lowest BCUT2D eigenvalue weighted by molar-refractivity contribution is 0.309. The summed E-state index contributed by atoms with van der Waals surface area (Å²) in [6.07, 6.45) is 5.48. The molecule has 0 saturated carbocycles. The molecule has 0 aliphatic heterocycles. The van der Waals surface area contributed by atoms with Crippen LogP contribution in [0.1, 0.15) is 19.8 Å². The van der Waals surface area contributed by atoms with E-state index in [-0.39, 0.29) is 0 Å². The van der Waals surface area contributed by atoms with Gasteiger partial charge in [0.1, 0.15) is 11.5 Å². The SMILES string of the molecule is CCCCOc1ccc(Oc2ncccn2)cc1. The maximum absolute atomic E-state index is 5.56. The molecule has 0 aliphatic carbocycles. The van der Waals surface area contributed by atoms with Gasteiger partial charge in [-0.15, -0.1) is 0 Å². The quantitative estimate of drug-likeness (QED) is 0.730. The first-order valence-electron chi connectivity index (χ1n) is 6.06. The number of hydrogen-bond donors (Lipinski definition) is 0. The highest BCUT2D eigenvalue weighted by Crippen LogP contribution is 2.21. The second kappa shape index (κ2) is 6.59. The van der Waals surface area contributed by atoms with Crippen LogP contribution in [0.4, 0.5) is 0 Å². The van der Waals surface area contributed by atoms with Crippen LogP contribution in [0.3, 0.4) is 0 Å². The van der Waals surface area contributed by atoms with Gasteiger partial charge in [0.15, 0.2) is 0 Å². The Morgan fingerprint density at radius 2 is 1.67 bits per heavy atom. The van der Waals surface area contributed by atoms with Gasteiger partial charge in [0.05, 0.1) is 6.61 Å². The molecule has 18 heavy (non-hydrogen) atoms. The van der Waals surface area contributed by atoms with Gasteiger partial charge in [-0.2, -0.15) is 0 Å².